The maximum Gasteiger partial charge on any atom is 0.125 e. The molecule has 0 aliphatic carbocycles. The van der Waals surface area contributed by atoms with Crippen LogP contribution in [0.1, 0.15) is 0 Å². The van der Waals surface area contributed by atoms with Crippen molar-refractivity contribution in [2.75, 3.05) is 0 Å². The summed E-state index contributed by atoms with van der Waals surface area (Å²) in [5, 5.41) is 4.27. The standard InChI is InChI=1S/C17H10ClNS/c18-12-8-9-15-16(10-12)20-17(19-15)14-7-3-5-11-4-1-2-6-13(11)14/h1-10H. The van der Waals surface area contributed by atoms with Gasteiger partial charge in [0.2, 0.25) is 0 Å². The van der Waals surface area contributed by atoms with Crippen LogP contribution in [-0.2, 0) is 0 Å². The van der Waals surface area contributed by atoms with Crippen LogP contribution in [0, 0.1) is 0 Å². The zero-order valence-corrected chi connectivity index (χ0v) is 12.1. The Kier molecular flexibility index (Phi) is 2.72. The molecule has 0 saturated heterocycles. The molecule has 0 aliphatic heterocycles. The summed E-state index contributed by atoms with van der Waals surface area (Å²) in [5.74, 6) is 0. The van der Waals surface area contributed by atoms with Crippen LogP contribution in [0.25, 0.3) is 31.6 Å². The van der Waals surface area contributed by atoms with E-state index in [0.29, 0.717) is 0 Å². The predicted molar refractivity (Wildman–Crippen MR) is 87.6 cm³/mol. The second kappa shape index (κ2) is 4.58. The van der Waals surface area contributed by atoms with Crippen LogP contribution in [0.4, 0.5) is 0 Å². The van der Waals surface area contributed by atoms with Gasteiger partial charge in [0.1, 0.15) is 5.01 Å². The van der Waals surface area contributed by atoms with Crippen molar-refractivity contribution >= 4 is 43.9 Å². The van der Waals surface area contributed by atoms with Gasteiger partial charge in [-0.15, -0.1) is 11.3 Å². The smallest absolute Gasteiger partial charge is 0.125 e. The fourth-order valence-corrected chi connectivity index (χ4v) is 3.71. The lowest BCUT2D eigenvalue weighted by Gasteiger charge is -2.02. The first-order chi connectivity index (χ1) is 9.81. The van der Waals surface area contributed by atoms with Gasteiger partial charge in [0.05, 0.1) is 10.2 Å². The Bertz CT molecular complexity index is 921. The highest BCUT2D eigenvalue weighted by Crippen LogP contribution is 2.35. The summed E-state index contributed by atoms with van der Waals surface area (Å²) in [6.07, 6.45) is 0. The molecule has 3 aromatic carbocycles. The molecule has 1 heterocycles. The summed E-state index contributed by atoms with van der Waals surface area (Å²) in [4.78, 5) is 4.73. The SMILES string of the molecule is Clc1ccc2nc(-c3cccc4ccccc34)sc2c1. The van der Waals surface area contributed by atoms with E-state index in [1.165, 1.54) is 16.3 Å². The van der Waals surface area contributed by atoms with E-state index in [2.05, 4.69) is 42.5 Å². The van der Waals surface area contributed by atoms with E-state index in [4.69, 9.17) is 16.6 Å². The summed E-state index contributed by atoms with van der Waals surface area (Å²) < 4.78 is 1.13. The average molecular weight is 296 g/mol. The van der Waals surface area contributed by atoms with Gasteiger partial charge in [-0.05, 0) is 29.0 Å². The molecule has 20 heavy (non-hydrogen) atoms. The molecule has 0 amide bonds. The summed E-state index contributed by atoms with van der Waals surface area (Å²) >= 11 is 7.73. The number of hydrogen-bond acceptors (Lipinski definition) is 2. The van der Waals surface area contributed by atoms with Gasteiger partial charge in [-0.2, -0.15) is 0 Å². The third kappa shape index (κ3) is 1.89. The van der Waals surface area contributed by atoms with E-state index < -0.39 is 0 Å². The second-order valence-corrected chi connectivity index (χ2v) is 6.12. The first kappa shape index (κ1) is 11.9. The molecule has 4 rings (SSSR count). The number of thiazole rings is 1. The van der Waals surface area contributed by atoms with E-state index in [1.807, 2.05) is 18.2 Å². The molecule has 0 unspecified atom stereocenters. The summed E-state index contributed by atoms with van der Waals surface area (Å²) in [7, 11) is 0. The van der Waals surface area contributed by atoms with Gasteiger partial charge >= 0.3 is 0 Å². The van der Waals surface area contributed by atoms with E-state index in [0.717, 1.165) is 20.2 Å². The zero-order chi connectivity index (χ0) is 13.5. The molecule has 1 aromatic heterocycles. The van der Waals surface area contributed by atoms with E-state index in [1.54, 1.807) is 11.3 Å². The molecule has 0 radical (unpaired) electrons. The fourth-order valence-electron chi connectivity index (χ4n) is 2.43. The largest absolute Gasteiger partial charge is 0.236 e. The van der Waals surface area contributed by atoms with Crippen molar-refractivity contribution in [2.45, 2.75) is 0 Å². The number of nitrogens with zero attached hydrogens (tertiary/aromatic N) is 1. The highest BCUT2D eigenvalue weighted by atomic mass is 35.5. The van der Waals surface area contributed by atoms with Crippen molar-refractivity contribution in [2.24, 2.45) is 0 Å². The minimum atomic E-state index is 0.755. The Balaban J connectivity index is 2.01. The molecular weight excluding hydrogens is 286 g/mol. The third-order valence-corrected chi connectivity index (χ3v) is 4.66. The second-order valence-electron chi connectivity index (χ2n) is 4.66. The summed E-state index contributed by atoms with van der Waals surface area (Å²) in [6, 6.07) is 20.6. The first-order valence-electron chi connectivity index (χ1n) is 6.35. The van der Waals surface area contributed by atoms with Crippen molar-refractivity contribution < 1.29 is 0 Å². The fraction of sp³-hybridized carbons (Fsp3) is 0. The third-order valence-electron chi connectivity index (χ3n) is 3.37. The number of benzene rings is 3. The van der Waals surface area contributed by atoms with Gasteiger partial charge in [-0.1, -0.05) is 54.1 Å². The Morgan fingerprint density at radius 2 is 1.75 bits per heavy atom. The van der Waals surface area contributed by atoms with Crippen LogP contribution in [0.3, 0.4) is 0 Å². The van der Waals surface area contributed by atoms with Gasteiger partial charge in [0.15, 0.2) is 0 Å². The first-order valence-corrected chi connectivity index (χ1v) is 7.55. The lowest BCUT2D eigenvalue weighted by Crippen LogP contribution is -1.79. The molecule has 4 aromatic rings. The molecule has 0 N–H and O–H groups in total. The average Bonchev–Trinajstić information content (AvgIpc) is 2.89. The van der Waals surface area contributed by atoms with Crippen LogP contribution in [-0.4, -0.2) is 4.98 Å². The molecular formula is C17H10ClNS. The van der Waals surface area contributed by atoms with Crippen LogP contribution < -0.4 is 0 Å². The highest BCUT2D eigenvalue weighted by molar-refractivity contribution is 7.21. The van der Waals surface area contributed by atoms with Crippen LogP contribution in [0.15, 0.2) is 60.7 Å². The van der Waals surface area contributed by atoms with Crippen LogP contribution >= 0.6 is 22.9 Å². The van der Waals surface area contributed by atoms with Gasteiger partial charge in [-0.25, -0.2) is 4.98 Å². The topological polar surface area (TPSA) is 12.9 Å². The quantitative estimate of drug-likeness (QED) is 0.434. The number of rotatable bonds is 1. The Labute approximate surface area is 125 Å². The van der Waals surface area contributed by atoms with Crippen molar-refractivity contribution in [1.82, 2.24) is 4.98 Å². The highest BCUT2D eigenvalue weighted by Gasteiger charge is 2.09. The molecule has 96 valence electrons. The van der Waals surface area contributed by atoms with E-state index in [-0.39, 0.29) is 0 Å². The monoisotopic (exact) mass is 295 g/mol. The number of hydrogen-bond donors (Lipinski definition) is 0. The Morgan fingerprint density at radius 1 is 0.900 bits per heavy atom. The molecule has 0 fully saturated rings. The molecule has 0 bridgehead atoms. The van der Waals surface area contributed by atoms with Crippen molar-refractivity contribution in [3.05, 3.63) is 65.7 Å². The Hall–Kier alpha value is -1.90. The number of fused-ring (bicyclic) bond motifs is 2. The lowest BCUT2D eigenvalue weighted by molar-refractivity contribution is 1.49. The molecule has 0 atom stereocenters. The van der Waals surface area contributed by atoms with Crippen LogP contribution in [0.2, 0.25) is 5.02 Å². The maximum absolute atomic E-state index is 6.05. The summed E-state index contributed by atoms with van der Waals surface area (Å²) in [5.41, 5.74) is 2.18. The minimum Gasteiger partial charge on any atom is -0.236 e. The van der Waals surface area contributed by atoms with E-state index in [9.17, 15) is 0 Å². The molecule has 3 heteroatoms. The van der Waals surface area contributed by atoms with Gasteiger partial charge in [-0.3, -0.25) is 0 Å². The van der Waals surface area contributed by atoms with Crippen molar-refractivity contribution in [1.29, 1.82) is 0 Å². The molecule has 0 spiro atoms. The van der Waals surface area contributed by atoms with E-state index >= 15 is 0 Å². The van der Waals surface area contributed by atoms with Gasteiger partial charge in [0.25, 0.3) is 0 Å². The van der Waals surface area contributed by atoms with Crippen LogP contribution in [0.5, 0.6) is 0 Å². The molecule has 0 aliphatic rings. The minimum absolute atomic E-state index is 0.755. The predicted octanol–water partition coefficient (Wildman–Crippen LogP) is 5.77. The maximum atomic E-state index is 6.05. The number of aromatic nitrogens is 1. The lowest BCUT2D eigenvalue weighted by atomic mass is 10.1. The van der Waals surface area contributed by atoms with Crippen molar-refractivity contribution in [3.8, 4) is 10.6 Å². The van der Waals surface area contributed by atoms with Crippen molar-refractivity contribution in [3.63, 3.8) is 0 Å². The normalized spacial score (nSPS) is 11.2. The Morgan fingerprint density at radius 3 is 2.70 bits per heavy atom. The molecule has 0 saturated carbocycles. The number of halogens is 1. The van der Waals surface area contributed by atoms with Gasteiger partial charge < -0.3 is 0 Å². The molecule has 1 nitrogen and oxygen atoms in total. The van der Waals surface area contributed by atoms with Gasteiger partial charge in [0, 0.05) is 10.6 Å². The zero-order valence-electron chi connectivity index (χ0n) is 10.5. The summed E-state index contributed by atoms with van der Waals surface area (Å²) in [6.45, 7) is 0.